The SMILES string of the molecule is O=C(Cc1ccccc1F)Nc1ccc(N2CCc3ccccc3C2)nc1. The van der Waals surface area contributed by atoms with Crippen molar-refractivity contribution in [1.29, 1.82) is 0 Å². The van der Waals surface area contributed by atoms with Crippen LogP contribution >= 0.6 is 0 Å². The van der Waals surface area contributed by atoms with Crippen molar-refractivity contribution < 1.29 is 9.18 Å². The van der Waals surface area contributed by atoms with E-state index >= 15 is 0 Å². The number of amides is 1. The van der Waals surface area contributed by atoms with E-state index in [9.17, 15) is 9.18 Å². The average molecular weight is 361 g/mol. The van der Waals surface area contributed by atoms with Gasteiger partial charge in [-0.2, -0.15) is 0 Å². The standard InChI is InChI=1S/C22H20FN3O/c23-20-8-4-3-6-17(20)13-22(27)25-19-9-10-21(24-14-19)26-12-11-16-5-1-2-7-18(16)15-26/h1-10,14H,11-13,15H2,(H,25,27). The first-order chi connectivity index (χ1) is 13.2. The molecule has 0 fully saturated rings. The second-order valence-corrected chi connectivity index (χ2v) is 6.66. The molecule has 0 bridgehead atoms. The van der Waals surface area contributed by atoms with Crippen molar-refractivity contribution in [2.24, 2.45) is 0 Å². The largest absolute Gasteiger partial charge is 0.352 e. The van der Waals surface area contributed by atoms with Crippen LogP contribution in [0, 0.1) is 5.82 Å². The molecule has 0 saturated heterocycles. The van der Waals surface area contributed by atoms with Gasteiger partial charge in [0.1, 0.15) is 11.6 Å². The van der Waals surface area contributed by atoms with Crippen LogP contribution in [-0.4, -0.2) is 17.4 Å². The number of carbonyl (C=O) groups is 1. The van der Waals surface area contributed by atoms with E-state index in [1.165, 1.54) is 17.2 Å². The normalized spacial score (nSPS) is 13.1. The molecule has 2 aromatic carbocycles. The molecule has 27 heavy (non-hydrogen) atoms. The molecular weight excluding hydrogens is 341 g/mol. The minimum absolute atomic E-state index is 0.00265. The molecule has 5 heteroatoms. The summed E-state index contributed by atoms with van der Waals surface area (Å²) < 4.78 is 13.7. The van der Waals surface area contributed by atoms with E-state index in [2.05, 4.69) is 39.5 Å². The highest BCUT2D eigenvalue weighted by Crippen LogP contribution is 2.23. The van der Waals surface area contributed by atoms with Crippen LogP contribution in [0.25, 0.3) is 0 Å². The van der Waals surface area contributed by atoms with Gasteiger partial charge in [-0.05, 0) is 41.3 Å². The van der Waals surface area contributed by atoms with Gasteiger partial charge < -0.3 is 10.2 Å². The Bertz CT molecular complexity index is 956. The van der Waals surface area contributed by atoms with E-state index in [1.807, 2.05) is 12.1 Å². The topological polar surface area (TPSA) is 45.2 Å². The van der Waals surface area contributed by atoms with Gasteiger partial charge in [-0.25, -0.2) is 9.37 Å². The quantitative estimate of drug-likeness (QED) is 0.765. The van der Waals surface area contributed by atoms with Crippen molar-refractivity contribution >= 4 is 17.4 Å². The minimum Gasteiger partial charge on any atom is -0.352 e. The number of rotatable bonds is 4. The Balaban J connectivity index is 1.39. The summed E-state index contributed by atoms with van der Waals surface area (Å²) in [7, 11) is 0. The lowest BCUT2D eigenvalue weighted by atomic mass is 10.00. The first-order valence-electron chi connectivity index (χ1n) is 9.00. The third-order valence-electron chi connectivity index (χ3n) is 4.80. The Kier molecular flexibility index (Phi) is 4.83. The molecule has 136 valence electrons. The second kappa shape index (κ2) is 7.58. The lowest BCUT2D eigenvalue weighted by Crippen LogP contribution is -2.30. The van der Waals surface area contributed by atoms with E-state index in [-0.39, 0.29) is 18.1 Å². The summed E-state index contributed by atoms with van der Waals surface area (Å²) in [5, 5.41) is 2.78. The van der Waals surface area contributed by atoms with Crippen LogP contribution in [0.3, 0.4) is 0 Å². The average Bonchev–Trinajstić information content (AvgIpc) is 2.70. The van der Waals surface area contributed by atoms with Crippen LogP contribution < -0.4 is 10.2 Å². The maximum atomic E-state index is 13.7. The van der Waals surface area contributed by atoms with Crippen molar-refractivity contribution in [2.45, 2.75) is 19.4 Å². The first-order valence-corrected chi connectivity index (χ1v) is 9.00. The van der Waals surface area contributed by atoms with E-state index in [0.717, 1.165) is 25.3 Å². The van der Waals surface area contributed by atoms with Crippen LogP contribution in [0.5, 0.6) is 0 Å². The number of pyridine rings is 1. The molecule has 1 aromatic heterocycles. The monoisotopic (exact) mass is 361 g/mol. The van der Waals surface area contributed by atoms with E-state index in [0.29, 0.717) is 11.3 Å². The fourth-order valence-corrected chi connectivity index (χ4v) is 3.36. The Hall–Kier alpha value is -3.21. The van der Waals surface area contributed by atoms with Gasteiger partial charge in [0.2, 0.25) is 5.91 Å². The van der Waals surface area contributed by atoms with E-state index in [4.69, 9.17) is 0 Å². The van der Waals surface area contributed by atoms with Crippen LogP contribution in [0.15, 0.2) is 66.9 Å². The Morgan fingerprint density at radius 2 is 1.81 bits per heavy atom. The van der Waals surface area contributed by atoms with Crippen molar-refractivity contribution in [3.05, 3.63) is 89.4 Å². The molecule has 1 aliphatic rings. The third kappa shape index (κ3) is 3.97. The summed E-state index contributed by atoms with van der Waals surface area (Å²) in [6.45, 7) is 1.76. The van der Waals surface area contributed by atoms with Crippen LogP contribution in [0.2, 0.25) is 0 Å². The molecule has 3 aromatic rings. The Morgan fingerprint density at radius 3 is 2.59 bits per heavy atom. The molecule has 2 heterocycles. The fraction of sp³-hybridized carbons (Fsp3) is 0.182. The molecule has 0 radical (unpaired) electrons. The fourth-order valence-electron chi connectivity index (χ4n) is 3.36. The van der Waals surface area contributed by atoms with Gasteiger partial charge in [-0.1, -0.05) is 42.5 Å². The molecule has 0 spiro atoms. The molecule has 1 N–H and O–H groups in total. The van der Waals surface area contributed by atoms with Gasteiger partial charge in [-0.3, -0.25) is 4.79 Å². The molecule has 4 rings (SSSR count). The van der Waals surface area contributed by atoms with E-state index in [1.54, 1.807) is 24.4 Å². The smallest absolute Gasteiger partial charge is 0.228 e. The number of nitrogens with one attached hydrogen (secondary N) is 1. The van der Waals surface area contributed by atoms with Crippen LogP contribution in [0.4, 0.5) is 15.9 Å². The molecule has 0 unspecified atom stereocenters. The summed E-state index contributed by atoms with van der Waals surface area (Å²) >= 11 is 0. The summed E-state index contributed by atoms with van der Waals surface area (Å²) in [4.78, 5) is 18.9. The summed E-state index contributed by atoms with van der Waals surface area (Å²) in [6, 6.07) is 18.5. The second-order valence-electron chi connectivity index (χ2n) is 6.66. The maximum absolute atomic E-state index is 13.7. The summed E-state index contributed by atoms with van der Waals surface area (Å²) in [5.74, 6) is 0.254. The molecule has 0 aliphatic carbocycles. The predicted molar refractivity (Wildman–Crippen MR) is 104 cm³/mol. The third-order valence-corrected chi connectivity index (χ3v) is 4.80. The number of hydrogen-bond donors (Lipinski definition) is 1. The first kappa shape index (κ1) is 17.2. The summed E-state index contributed by atoms with van der Waals surface area (Å²) in [6.07, 6.45) is 2.64. The van der Waals surface area contributed by atoms with Gasteiger partial charge in [0.15, 0.2) is 0 Å². The zero-order chi connectivity index (χ0) is 18.6. The highest BCUT2D eigenvalue weighted by Gasteiger charge is 2.17. The number of carbonyl (C=O) groups excluding carboxylic acids is 1. The predicted octanol–water partition coefficient (Wildman–Crippen LogP) is 3.96. The molecule has 1 amide bonds. The highest BCUT2D eigenvalue weighted by molar-refractivity contribution is 5.92. The van der Waals surface area contributed by atoms with Gasteiger partial charge >= 0.3 is 0 Å². The number of hydrogen-bond acceptors (Lipinski definition) is 3. The van der Waals surface area contributed by atoms with Crippen molar-refractivity contribution in [2.75, 3.05) is 16.8 Å². The molecule has 0 atom stereocenters. The maximum Gasteiger partial charge on any atom is 0.228 e. The van der Waals surface area contributed by atoms with Crippen molar-refractivity contribution in [3.63, 3.8) is 0 Å². The Morgan fingerprint density at radius 1 is 1.04 bits per heavy atom. The van der Waals surface area contributed by atoms with Gasteiger partial charge in [0.25, 0.3) is 0 Å². The van der Waals surface area contributed by atoms with Crippen LogP contribution in [-0.2, 0) is 24.2 Å². The molecule has 0 saturated carbocycles. The zero-order valence-corrected chi connectivity index (χ0v) is 14.9. The van der Waals surface area contributed by atoms with Crippen molar-refractivity contribution in [1.82, 2.24) is 4.98 Å². The lowest BCUT2D eigenvalue weighted by Gasteiger charge is -2.29. The number of halogens is 1. The number of aromatic nitrogens is 1. The summed E-state index contributed by atoms with van der Waals surface area (Å²) in [5.41, 5.74) is 3.71. The molecule has 1 aliphatic heterocycles. The number of nitrogens with zero attached hydrogens (tertiary/aromatic N) is 2. The number of anilines is 2. The lowest BCUT2D eigenvalue weighted by molar-refractivity contribution is -0.115. The van der Waals surface area contributed by atoms with Gasteiger partial charge in [0.05, 0.1) is 18.3 Å². The number of fused-ring (bicyclic) bond motifs is 1. The van der Waals surface area contributed by atoms with Crippen molar-refractivity contribution in [3.8, 4) is 0 Å². The molecule has 4 nitrogen and oxygen atoms in total. The number of benzene rings is 2. The Labute approximate surface area is 157 Å². The zero-order valence-electron chi connectivity index (χ0n) is 14.9. The van der Waals surface area contributed by atoms with Gasteiger partial charge in [-0.15, -0.1) is 0 Å². The molecular formula is C22H20FN3O. The highest BCUT2D eigenvalue weighted by atomic mass is 19.1. The van der Waals surface area contributed by atoms with Gasteiger partial charge in [0, 0.05) is 13.1 Å². The minimum atomic E-state index is -0.369. The van der Waals surface area contributed by atoms with Crippen LogP contribution in [0.1, 0.15) is 16.7 Å². The van der Waals surface area contributed by atoms with E-state index < -0.39 is 0 Å².